The van der Waals surface area contributed by atoms with Crippen molar-refractivity contribution < 1.29 is 5.11 Å². The number of anilines is 1. The summed E-state index contributed by atoms with van der Waals surface area (Å²) in [6.07, 6.45) is 7.54. The van der Waals surface area contributed by atoms with Gasteiger partial charge in [-0.05, 0) is 43.7 Å². The van der Waals surface area contributed by atoms with Crippen LogP contribution in [0.5, 0.6) is 0 Å². The van der Waals surface area contributed by atoms with Gasteiger partial charge in [-0.1, -0.05) is 6.92 Å². The van der Waals surface area contributed by atoms with Crippen molar-refractivity contribution in [2.24, 2.45) is 5.92 Å². The van der Waals surface area contributed by atoms with E-state index in [9.17, 15) is 5.11 Å². The minimum Gasteiger partial charge on any atom is -0.394 e. The lowest BCUT2D eigenvalue weighted by molar-refractivity contribution is 0.155. The Morgan fingerprint density at radius 2 is 2.00 bits per heavy atom. The van der Waals surface area contributed by atoms with Gasteiger partial charge in [0.25, 0.3) is 0 Å². The van der Waals surface area contributed by atoms with Crippen molar-refractivity contribution in [3.8, 4) is 0 Å². The summed E-state index contributed by atoms with van der Waals surface area (Å²) < 4.78 is 0. The molecule has 0 unspecified atom stereocenters. The number of aliphatic hydroxyl groups is 1. The highest BCUT2D eigenvalue weighted by molar-refractivity contribution is 5.71. The van der Waals surface area contributed by atoms with Crippen LogP contribution in [0.15, 0.2) is 24.5 Å². The quantitative estimate of drug-likeness (QED) is 0.897. The van der Waals surface area contributed by atoms with Gasteiger partial charge >= 0.3 is 0 Å². The zero-order valence-electron chi connectivity index (χ0n) is 11.7. The Bertz CT molecular complexity index is 593. The van der Waals surface area contributed by atoms with Gasteiger partial charge in [0, 0.05) is 12.4 Å². The molecule has 0 aliphatic heterocycles. The van der Waals surface area contributed by atoms with Crippen molar-refractivity contribution in [2.45, 2.75) is 38.1 Å². The van der Waals surface area contributed by atoms with Crippen molar-refractivity contribution in [3.63, 3.8) is 0 Å². The van der Waals surface area contributed by atoms with E-state index in [1.165, 1.54) is 0 Å². The van der Waals surface area contributed by atoms with Gasteiger partial charge in [-0.2, -0.15) is 0 Å². The number of fused-ring (bicyclic) bond motifs is 1. The van der Waals surface area contributed by atoms with Crippen LogP contribution in [0.1, 0.15) is 32.6 Å². The fourth-order valence-electron chi connectivity index (χ4n) is 2.83. The molecular weight excluding hydrogens is 252 g/mol. The van der Waals surface area contributed by atoms with Crippen LogP contribution in [0.25, 0.3) is 11.2 Å². The number of nitrogens with one attached hydrogen (secondary N) is 1. The summed E-state index contributed by atoms with van der Waals surface area (Å²) in [6.45, 7) is 2.41. The molecule has 2 N–H and O–H groups in total. The number of rotatable bonds is 3. The first-order chi connectivity index (χ1) is 9.71. The van der Waals surface area contributed by atoms with Crippen LogP contribution >= 0.6 is 0 Å². The van der Waals surface area contributed by atoms with Crippen molar-refractivity contribution >= 4 is 17.0 Å². The summed E-state index contributed by atoms with van der Waals surface area (Å²) >= 11 is 0. The van der Waals surface area contributed by atoms with Crippen LogP contribution in [-0.2, 0) is 0 Å². The second-order valence-electron chi connectivity index (χ2n) is 5.84. The number of pyridine rings is 1. The smallest absolute Gasteiger partial charge is 0.180 e. The molecule has 1 saturated carbocycles. The summed E-state index contributed by atoms with van der Waals surface area (Å²) in [6, 6.07) is 3.82. The second kappa shape index (κ2) is 5.32. The lowest BCUT2D eigenvalue weighted by atomic mass is 9.77. The van der Waals surface area contributed by atoms with Gasteiger partial charge < -0.3 is 10.4 Å². The van der Waals surface area contributed by atoms with Crippen molar-refractivity contribution in [1.82, 2.24) is 15.0 Å². The number of aromatic nitrogens is 3. The summed E-state index contributed by atoms with van der Waals surface area (Å²) in [5, 5.41) is 13.2. The van der Waals surface area contributed by atoms with Gasteiger partial charge in [-0.3, -0.25) is 4.98 Å². The maximum atomic E-state index is 9.78. The van der Waals surface area contributed by atoms with E-state index in [4.69, 9.17) is 0 Å². The molecule has 0 amide bonds. The predicted molar refractivity (Wildman–Crippen MR) is 78.4 cm³/mol. The van der Waals surface area contributed by atoms with Gasteiger partial charge in [0.15, 0.2) is 5.65 Å². The summed E-state index contributed by atoms with van der Waals surface area (Å²) in [4.78, 5) is 12.9. The number of nitrogens with zero attached hydrogens (tertiary/aromatic N) is 3. The minimum atomic E-state index is -0.241. The SMILES string of the molecule is CC1CCC(CO)(Nc2ccc3nccnc3n2)CC1. The largest absolute Gasteiger partial charge is 0.394 e. The lowest BCUT2D eigenvalue weighted by Crippen LogP contribution is -2.45. The molecule has 106 valence electrons. The average molecular weight is 272 g/mol. The molecular formula is C15H20N4O. The zero-order valence-corrected chi connectivity index (χ0v) is 11.7. The summed E-state index contributed by atoms with van der Waals surface area (Å²) in [5.74, 6) is 1.51. The van der Waals surface area contributed by atoms with E-state index in [0.717, 1.165) is 42.9 Å². The molecule has 0 radical (unpaired) electrons. The molecule has 0 atom stereocenters. The Kier molecular flexibility index (Phi) is 3.53. The van der Waals surface area contributed by atoms with Gasteiger partial charge in [-0.15, -0.1) is 0 Å². The molecule has 5 heteroatoms. The molecule has 2 aromatic rings. The van der Waals surface area contributed by atoms with Gasteiger partial charge in [0.2, 0.25) is 0 Å². The Morgan fingerprint density at radius 1 is 1.25 bits per heavy atom. The molecule has 3 rings (SSSR count). The van der Waals surface area contributed by atoms with Crippen LogP contribution in [0, 0.1) is 5.92 Å². The van der Waals surface area contributed by atoms with E-state index in [1.54, 1.807) is 12.4 Å². The van der Waals surface area contributed by atoms with Crippen LogP contribution in [0.4, 0.5) is 5.82 Å². The highest BCUT2D eigenvalue weighted by Gasteiger charge is 2.33. The van der Waals surface area contributed by atoms with Crippen LogP contribution in [0.2, 0.25) is 0 Å². The Balaban J connectivity index is 1.83. The molecule has 1 aliphatic carbocycles. The minimum absolute atomic E-state index is 0.139. The monoisotopic (exact) mass is 272 g/mol. The number of hydrogen-bond acceptors (Lipinski definition) is 5. The molecule has 2 aromatic heterocycles. The van der Waals surface area contributed by atoms with E-state index in [2.05, 4.69) is 27.2 Å². The first-order valence-corrected chi connectivity index (χ1v) is 7.18. The molecule has 0 spiro atoms. The van der Waals surface area contributed by atoms with E-state index >= 15 is 0 Å². The Hall–Kier alpha value is -1.75. The molecule has 1 aliphatic rings. The molecule has 1 fully saturated rings. The van der Waals surface area contributed by atoms with Gasteiger partial charge in [0.05, 0.1) is 12.1 Å². The first kappa shape index (κ1) is 13.2. The van der Waals surface area contributed by atoms with Crippen molar-refractivity contribution in [3.05, 3.63) is 24.5 Å². The zero-order chi connectivity index (χ0) is 14.0. The van der Waals surface area contributed by atoms with Gasteiger partial charge in [-0.25, -0.2) is 9.97 Å². The molecule has 5 nitrogen and oxygen atoms in total. The van der Waals surface area contributed by atoms with Gasteiger partial charge in [0.1, 0.15) is 11.3 Å². The number of aliphatic hydroxyl groups excluding tert-OH is 1. The van der Waals surface area contributed by atoms with Crippen molar-refractivity contribution in [1.29, 1.82) is 0 Å². The third-order valence-electron chi connectivity index (χ3n) is 4.26. The van der Waals surface area contributed by atoms with Crippen LogP contribution in [0.3, 0.4) is 0 Å². The van der Waals surface area contributed by atoms with E-state index in [0.29, 0.717) is 5.65 Å². The average Bonchev–Trinajstić information content (AvgIpc) is 2.50. The van der Waals surface area contributed by atoms with E-state index in [1.807, 2.05) is 12.1 Å². The standard InChI is InChI=1S/C15H20N4O/c1-11-4-6-15(10-20,7-5-11)19-13-3-2-12-14(18-13)17-9-8-16-12/h2-3,8-9,11,20H,4-7,10H2,1H3,(H,17,18,19). The van der Waals surface area contributed by atoms with Crippen molar-refractivity contribution in [2.75, 3.05) is 11.9 Å². The van der Waals surface area contributed by atoms with Crippen LogP contribution < -0.4 is 5.32 Å². The van der Waals surface area contributed by atoms with E-state index < -0.39 is 0 Å². The Labute approximate surface area is 118 Å². The molecule has 0 saturated heterocycles. The topological polar surface area (TPSA) is 70.9 Å². The first-order valence-electron chi connectivity index (χ1n) is 7.18. The molecule has 0 aromatic carbocycles. The lowest BCUT2D eigenvalue weighted by Gasteiger charge is -2.39. The maximum Gasteiger partial charge on any atom is 0.180 e. The molecule has 2 heterocycles. The summed E-state index contributed by atoms with van der Waals surface area (Å²) in [7, 11) is 0. The maximum absolute atomic E-state index is 9.78. The van der Waals surface area contributed by atoms with Crippen LogP contribution in [-0.4, -0.2) is 32.2 Å². The molecule has 20 heavy (non-hydrogen) atoms. The number of hydrogen-bond donors (Lipinski definition) is 2. The highest BCUT2D eigenvalue weighted by atomic mass is 16.3. The Morgan fingerprint density at radius 3 is 2.75 bits per heavy atom. The predicted octanol–water partition coefficient (Wildman–Crippen LogP) is 2.38. The van der Waals surface area contributed by atoms with E-state index in [-0.39, 0.29) is 12.1 Å². The third-order valence-corrected chi connectivity index (χ3v) is 4.26. The fourth-order valence-corrected chi connectivity index (χ4v) is 2.83. The summed E-state index contributed by atoms with van der Waals surface area (Å²) in [5.41, 5.74) is 1.18. The third kappa shape index (κ3) is 2.58. The fraction of sp³-hybridized carbons (Fsp3) is 0.533. The highest BCUT2D eigenvalue weighted by Crippen LogP contribution is 2.34. The second-order valence-corrected chi connectivity index (χ2v) is 5.84. The normalized spacial score (nSPS) is 26.6. The molecule has 0 bridgehead atoms.